The molecule has 2 rings (SSSR count). The van der Waals surface area contributed by atoms with Crippen LogP contribution in [0.4, 0.5) is 0 Å². The van der Waals surface area contributed by atoms with Crippen molar-refractivity contribution >= 4 is 0 Å². The van der Waals surface area contributed by atoms with Crippen LogP contribution >= 0.6 is 0 Å². The molecule has 0 amide bonds. The zero-order valence-corrected chi connectivity index (χ0v) is 12.0. The van der Waals surface area contributed by atoms with Gasteiger partial charge in [-0.3, -0.25) is 0 Å². The predicted octanol–water partition coefficient (Wildman–Crippen LogP) is 2.36. The maximum absolute atomic E-state index is 5.55. The van der Waals surface area contributed by atoms with E-state index in [1.807, 2.05) is 12.1 Å². The van der Waals surface area contributed by atoms with Gasteiger partial charge < -0.3 is 19.5 Å². The second-order valence-corrected chi connectivity index (χ2v) is 5.26. The summed E-state index contributed by atoms with van der Waals surface area (Å²) in [6, 6.07) is 6.01. The van der Waals surface area contributed by atoms with Gasteiger partial charge in [0.2, 0.25) is 0 Å². The first-order valence-corrected chi connectivity index (χ1v) is 6.70. The highest BCUT2D eigenvalue weighted by atomic mass is 16.5. The number of hydrogen-bond acceptors (Lipinski definition) is 4. The Hall–Kier alpha value is -1.26. The summed E-state index contributed by atoms with van der Waals surface area (Å²) in [6.07, 6.45) is 2.27. The molecular weight excluding hydrogens is 242 g/mol. The lowest BCUT2D eigenvalue weighted by molar-refractivity contribution is 0.0278. The first kappa shape index (κ1) is 14.2. The number of rotatable bonds is 5. The molecule has 1 aliphatic rings. The predicted molar refractivity (Wildman–Crippen MR) is 74.8 cm³/mol. The van der Waals surface area contributed by atoms with Crippen molar-refractivity contribution in [3.8, 4) is 11.5 Å². The fourth-order valence-electron chi connectivity index (χ4n) is 2.38. The van der Waals surface area contributed by atoms with Crippen LogP contribution < -0.4 is 14.8 Å². The lowest BCUT2D eigenvalue weighted by atomic mass is 9.94. The van der Waals surface area contributed by atoms with Crippen LogP contribution in [0.3, 0.4) is 0 Å². The Bertz CT molecular complexity index is 414. The minimum atomic E-state index is 0.0748. The Kier molecular flexibility index (Phi) is 4.66. The highest BCUT2D eigenvalue weighted by Gasteiger charge is 2.26. The zero-order valence-electron chi connectivity index (χ0n) is 12.0. The summed E-state index contributed by atoms with van der Waals surface area (Å²) in [7, 11) is 3.31. The molecule has 4 nitrogen and oxygen atoms in total. The molecule has 0 aromatic heterocycles. The summed E-state index contributed by atoms with van der Waals surface area (Å²) in [4.78, 5) is 0. The summed E-state index contributed by atoms with van der Waals surface area (Å²) in [5.74, 6) is 1.53. The van der Waals surface area contributed by atoms with Crippen molar-refractivity contribution in [2.75, 3.05) is 27.4 Å². The first-order valence-electron chi connectivity index (χ1n) is 6.70. The van der Waals surface area contributed by atoms with E-state index in [4.69, 9.17) is 14.2 Å². The minimum absolute atomic E-state index is 0.0748. The van der Waals surface area contributed by atoms with Gasteiger partial charge >= 0.3 is 0 Å². The molecule has 19 heavy (non-hydrogen) atoms. The standard InChI is InChI=1S/C15H23NO3/c1-15(7-4-8-19-11-15)16-10-12-5-6-13(17-2)14(9-12)18-3/h5-6,9,16H,4,7-8,10-11H2,1-3H3. The van der Waals surface area contributed by atoms with E-state index < -0.39 is 0 Å². The quantitative estimate of drug-likeness (QED) is 0.887. The molecule has 0 aliphatic carbocycles. The molecule has 0 spiro atoms. The van der Waals surface area contributed by atoms with Crippen LogP contribution in [-0.4, -0.2) is 33.0 Å². The van der Waals surface area contributed by atoms with Crippen molar-refractivity contribution in [2.24, 2.45) is 0 Å². The molecule has 1 saturated heterocycles. The van der Waals surface area contributed by atoms with E-state index in [1.165, 1.54) is 5.56 Å². The maximum Gasteiger partial charge on any atom is 0.161 e. The van der Waals surface area contributed by atoms with Crippen molar-refractivity contribution in [1.82, 2.24) is 5.32 Å². The van der Waals surface area contributed by atoms with E-state index in [0.717, 1.165) is 44.1 Å². The lowest BCUT2D eigenvalue weighted by Gasteiger charge is -2.34. The Morgan fingerprint density at radius 1 is 1.26 bits per heavy atom. The third kappa shape index (κ3) is 3.61. The number of hydrogen-bond donors (Lipinski definition) is 1. The molecule has 0 saturated carbocycles. The number of ether oxygens (including phenoxy) is 3. The molecule has 1 unspecified atom stereocenters. The van der Waals surface area contributed by atoms with Crippen LogP contribution in [0.25, 0.3) is 0 Å². The van der Waals surface area contributed by atoms with Gasteiger partial charge in [0.25, 0.3) is 0 Å². The Balaban J connectivity index is 1.99. The van der Waals surface area contributed by atoms with Crippen molar-refractivity contribution in [3.63, 3.8) is 0 Å². The smallest absolute Gasteiger partial charge is 0.161 e. The van der Waals surface area contributed by atoms with Crippen LogP contribution in [-0.2, 0) is 11.3 Å². The van der Waals surface area contributed by atoms with E-state index in [0.29, 0.717) is 0 Å². The van der Waals surface area contributed by atoms with Crippen LogP contribution in [0, 0.1) is 0 Å². The van der Waals surface area contributed by atoms with Gasteiger partial charge in [-0.05, 0) is 37.5 Å². The Morgan fingerprint density at radius 2 is 2.05 bits per heavy atom. The van der Waals surface area contributed by atoms with Crippen LogP contribution in [0.15, 0.2) is 18.2 Å². The van der Waals surface area contributed by atoms with E-state index in [1.54, 1.807) is 14.2 Å². The van der Waals surface area contributed by atoms with Crippen molar-refractivity contribution in [1.29, 1.82) is 0 Å². The van der Waals surface area contributed by atoms with E-state index in [2.05, 4.69) is 18.3 Å². The molecule has 1 fully saturated rings. The van der Waals surface area contributed by atoms with E-state index >= 15 is 0 Å². The second kappa shape index (κ2) is 6.26. The van der Waals surface area contributed by atoms with Gasteiger partial charge in [-0.1, -0.05) is 6.07 Å². The summed E-state index contributed by atoms with van der Waals surface area (Å²) in [5.41, 5.74) is 1.26. The van der Waals surface area contributed by atoms with E-state index in [9.17, 15) is 0 Å². The molecule has 1 atom stereocenters. The summed E-state index contributed by atoms with van der Waals surface area (Å²) in [5, 5.41) is 3.58. The molecule has 1 heterocycles. The van der Waals surface area contributed by atoms with E-state index in [-0.39, 0.29) is 5.54 Å². The molecule has 4 heteroatoms. The van der Waals surface area contributed by atoms with Gasteiger partial charge in [0.05, 0.1) is 20.8 Å². The third-order valence-electron chi connectivity index (χ3n) is 3.61. The molecule has 0 radical (unpaired) electrons. The fourth-order valence-corrected chi connectivity index (χ4v) is 2.38. The average Bonchev–Trinajstić information content (AvgIpc) is 2.45. The summed E-state index contributed by atoms with van der Waals surface area (Å²) in [6.45, 7) is 4.68. The van der Waals surface area contributed by atoms with Crippen LogP contribution in [0.1, 0.15) is 25.3 Å². The fraction of sp³-hybridized carbons (Fsp3) is 0.600. The molecule has 1 aromatic carbocycles. The first-order chi connectivity index (χ1) is 9.17. The zero-order chi connectivity index (χ0) is 13.7. The second-order valence-electron chi connectivity index (χ2n) is 5.26. The summed E-state index contributed by atoms with van der Waals surface area (Å²) < 4.78 is 16.1. The molecule has 106 valence electrons. The summed E-state index contributed by atoms with van der Waals surface area (Å²) >= 11 is 0. The van der Waals surface area contributed by atoms with Gasteiger partial charge in [-0.2, -0.15) is 0 Å². The minimum Gasteiger partial charge on any atom is -0.493 e. The van der Waals surface area contributed by atoms with Gasteiger partial charge in [0.1, 0.15) is 0 Å². The van der Waals surface area contributed by atoms with Crippen LogP contribution in [0.2, 0.25) is 0 Å². The van der Waals surface area contributed by atoms with Gasteiger partial charge in [0, 0.05) is 18.7 Å². The normalized spacial score (nSPS) is 23.1. The number of benzene rings is 1. The Morgan fingerprint density at radius 3 is 2.68 bits per heavy atom. The number of nitrogens with one attached hydrogen (secondary N) is 1. The highest BCUT2D eigenvalue weighted by molar-refractivity contribution is 5.42. The SMILES string of the molecule is COc1ccc(CNC2(C)CCCOC2)cc1OC. The lowest BCUT2D eigenvalue weighted by Crippen LogP contribution is -2.48. The maximum atomic E-state index is 5.55. The topological polar surface area (TPSA) is 39.7 Å². The Labute approximate surface area is 115 Å². The molecule has 1 aliphatic heterocycles. The molecule has 1 N–H and O–H groups in total. The van der Waals surface area contributed by atoms with Crippen molar-refractivity contribution in [3.05, 3.63) is 23.8 Å². The highest BCUT2D eigenvalue weighted by Crippen LogP contribution is 2.28. The monoisotopic (exact) mass is 265 g/mol. The van der Waals surface area contributed by atoms with Crippen molar-refractivity contribution in [2.45, 2.75) is 31.8 Å². The van der Waals surface area contributed by atoms with Gasteiger partial charge in [-0.25, -0.2) is 0 Å². The number of methoxy groups -OCH3 is 2. The van der Waals surface area contributed by atoms with Gasteiger partial charge in [0.15, 0.2) is 11.5 Å². The van der Waals surface area contributed by atoms with Crippen LogP contribution in [0.5, 0.6) is 11.5 Å². The largest absolute Gasteiger partial charge is 0.493 e. The average molecular weight is 265 g/mol. The molecular formula is C15H23NO3. The third-order valence-corrected chi connectivity index (χ3v) is 3.61. The molecule has 0 bridgehead atoms. The van der Waals surface area contributed by atoms with Crippen molar-refractivity contribution < 1.29 is 14.2 Å². The van der Waals surface area contributed by atoms with Gasteiger partial charge in [-0.15, -0.1) is 0 Å². The molecule has 1 aromatic rings.